The van der Waals surface area contributed by atoms with Crippen LogP contribution in [0, 0.1) is 6.92 Å². The predicted molar refractivity (Wildman–Crippen MR) is 66.6 cm³/mol. The fourth-order valence-electron chi connectivity index (χ4n) is 1.84. The predicted octanol–water partition coefficient (Wildman–Crippen LogP) is 1.95. The second-order valence-electron chi connectivity index (χ2n) is 4.00. The number of rotatable bonds is 4. The largest absolute Gasteiger partial charge is 0.496 e. The van der Waals surface area contributed by atoms with E-state index in [1.165, 1.54) is 6.33 Å². The van der Waals surface area contributed by atoms with Gasteiger partial charge in [-0.2, -0.15) is 0 Å². The normalized spacial score (nSPS) is 10.3. The van der Waals surface area contributed by atoms with Gasteiger partial charge in [-0.15, -0.1) is 0 Å². The molecular formula is C13H14N2O3. The third-order valence-corrected chi connectivity index (χ3v) is 2.65. The molecule has 0 spiro atoms. The average molecular weight is 246 g/mol. The first-order valence-corrected chi connectivity index (χ1v) is 5.48. The summed E-state index contributed by atoms with van der Waals surface area (Å²) in [5, 5.41) is 8.86. The number of imidazole rings is 1. The Balaban J connectivity index is 2.51. The molecule has 0 saturated heterocycles. The number of aromatic nitrogens is 2. The lowest BCUT2D eigenvalue weighted by Gasteiger charge is -2.11. The van der Waals surface area contributed by atoms with Gasteiger partial charge >= 0.3 is 5.97 Å². The van der Waals surface area contributed by atoms with Crippen molar-refractivity contribution in [1.29, 1.82) is 0 Å². The van der Waals surface area contributed by atoms with Crippen LogP contribution in [0.25, 0.3) is 11.3 Å². The minimum atomic E-state index is -0.902. The molecule has 5 nitrogen and oxygen atoms in total. The van der Waals surface area contributed by atoms with Gasteiger partial charge in [-0.1, -0.05) is 11.6 Å². The van der Waals surface area contributed by atoms with Crippen molar-refractivity contribution >= 4 is 5.97 Å². The Bertz CT molecular complexity index is 575. The maximum Gasteiger partial charge on any atom is 0.323 e. The molecule has 0 fully saturated rings. The number of hydrogen-bond acceptors (Lipinski definition) is 3. The van der Waals surface area contributed by atoms with E-state index in [2.05, 4.69) is 4.98 Å². The van der Waals surface area contributed by atoms with Gasteiger partial charge in [0, 0.05) is 5.56 Å². The zero-order valence-electron chi connectivity index (χ0n) is 10.3. The molecule has 0 unspecified atom stereocenters. The summed E-state index contributed by atoms with van der Waals surface area (Å²) in [6.45, 7) is 1.85. The van der Waals surface area contributed by atoms with Crippen LogP contribution < -0.4 is 4.74 Å². The molecule has 0 bridgehead atoms. The van der Waals surface area contributed by atoms with Gasteiger partial charge in [0.2, 0.25) is 0 Å². The number of ether oxygens (including phenoxy) is 1. The Morgan fingerprint density at radius 2 is 2.28 bits per heavy atom. The SMILES string of the molecule is COc1ccc(C)cc1-c1cncn1CC(=O)O. The van der Waals surface area contributed by atoms with E-state index in [9.17, 15) is 4.79 Å². The first-order valence-electron chi connectivity index (χ1n) is 5.48. The van der Waals surface area contributed by atoms with Crippen molar-refractivity contribution in [2.75, 3.05) is 7.11 Å². The molecule has 94 valence electrons. The molecule has 2 rings (SSSR count). The van der Waals surface area contributed by atoms with Crippen LogP contribution in [0.2, 0.25) is 0 Å². The average Bonchev–Trinajstić information content (AvgIpc) is 2.76. The summed E-state index contributed by atoms with van der Waals surface area (Å²) in [5.41, 5.74) is 2.66. The number of benzene rings is 1. The van der Waals surface area contributed by atoms with E-state index in [1.54, 1.807) is 17.9 Å². The fraction of sp³-hybridized carbons (Fsp3) is 0.231. The molecule has 18 heavy (non-hydrogen) atoms. The highest BCUT2D eigenvalue weighted by atomic mass is 16.5. The standard InChI is InChI=1S/C13H14N2O3/c1-9-3-4-12(18-2)10(5-9)11-6-14-8-15(11)7-13(16)17/h3-6,8H,7H2,1-2H3,(H,16,17). The number of aryl methyl sites for hydroxylation is 1. The van der Waals surface area contributed by atoms with Crippen LogP contribution in [0.15, 0.2) is 30.7 Å². The van der Waals surface area contributed by atoms with E-state index in [-0.39, 0.29) is 6.54 Å². The molecule has 0 atom stereocenters. The Morgan fingerprint density at radius 1 is 1.50 bits per heavy atom. The van der Waals surface area contributed by atoms with Crippen molar-refractivity contribution < 1.29 is 14.6 Å². The lowest BCUT2D eigenvalue weighted by atomic mass is 10.1. The Morgan fingerprint density at radius 3 is 2.94 bits per heavy atom. The van der Waals surface area contributed by atoms with E-state index in [0.717, 1.165) is 16.8 Å². The summed E-state index contributed by atoms with van der Waals surface area (Å²) in [6, 6.07) is 5.76. The lowest BCUT2D eigenvalue weighted by molar-refractivity contribution is -0.137. The van der Waals surface area contributed by atoms with Crippen LogP contribution in [0.4, 0.5) is 0 Å². The molecule has 0 aliphatic carbocycles. The van der Waals surface area contributed by atoms with E-state index >= 15 is 0 Å². The number of aliphatic carboxylic acids is 1. The van der Waals surface area contributed by atoms with Gasteiger partial charge in [0.1, 0.15) is 12.3 Å². The number of hydrogen-bond donors (Lipinski definition) is 1. The monoisotopic (exact) mass is 246 g/mol. The summed E-state index contributed by atoms with van der Waals surface area (Å²) in [5.74, 6) is -0.200. The zero-order valence-corrected chi connectivity index (χ0v) is 10.3. The van der Waals surface area contributed by atoms with Crippen molar-refractivity contribution in [2.45, 2.75) is 13.5 Å². The third kappa shape index (κ3) is 2.34. The molecule has 1 N–H and O–H groups in total. The summed E-state index contributed by atoms with van der Waals surface area (Å²) >= 11 is 0. The summed E-state index contributed by atoms with van der Waals surface area (Å²) < 4.78 is 6.88. The lowest BCUT2D eigenvalue weighted by Crippen LogP contribution is -2.09. The van der Waals surface area contributed by atoms with Crippen molar-refractivity contribution in [2.24, 2.45) is 0 Å². The third-order valence-electron chi connectivity index (χ3n) is 2.65. The second kappa shape index (κ2) is 4.91. The fourth-order valence-corrected chi connectivity index (χ4v) is 1.84. The van der Waals surface area contributed by atoms with Gasteiger partial charge in [0.15, 0.2) is 0 Å². The molecule has 0 aliphatic rings. The molecule has 1 heterocycles. The van der Waals surface area contributed by atoms with Gasteiger partial charge < -0.3 is 14.4 Å². The molecule has 0 amide bonds. The number of carboxylic acids is 1. The molecule has 0 radical (unpaired) electrons. The molecular weight excluding hydrogens is 232 g/mol. The van der Waals surface area contributed by atoms with E-state index in [1.807, 2.05) is 25.1 Å². The number of nitrogens with zero attached hydrogens (tertiary/aromatic N) is 2. The quantitative estimate of drug-likeness (QED) is 0.895. The second-order valence-corrected chi connectivity index (χ2v) is 4.00. The van der Waals surface area contributed by atoms with Crippen LogP contribution in [0.5, 0.6) is 5.75 Å². The highest BCUT2D eigenvalue weighted by Crippen LogP contribution is 2.30. The van der Waals surface area contributed by atoms with Crippen molar-refractivity contribution in [3.63, 3.8) is 0 Å². The zero-order chi connectivity index (χ0) is 13.1. The first-order chi connectivity index (χ1) is 8.61. The summed E-state index contributed by atoms with van der Waals surface area (Å²) in [6.07, 6.45) is 3.14. The van der Waals surface area contributed by atoms with Gasteiger partial charge in [-0.3, -0.25) is 4.79 Å². The number of carboxylic acid groups (broad SMARTS) is 1. The molecule has 0 aliphatic heterocycles. The Hall–Kier alpha value is -2.30. The summed E-state index contributed by atoms with van der Waals surface area (Å²) in [7, 11) is 1.59. The van der Waals surface area contributed by atoms with Crippen LogP contribution in [0.3, 0.4) is 0 Å². The Labute approximate surface area is 105 Å². The van der Waals surface area contributed by atoms with Crippen LogP contribution >= 0.6 is 0 Å². The molecule has 2 aromatic rings. The van der Waals surface area contributed by atoms with E-state index in [4.69, 9.17) is 9.84 Å². The van der Waals surface area contributed by atoms with Gasteiger partial charge in [0.25, 0.3) is 0 Å². The smallest absolute Gasteiger partial charge is 0.323 e. The minimum absolute atomic E-state index is 0.119. The van der Waals surface area contributed by atoms with Gasteiger partial charge in [0.05, 0.1) is 25.3 Å². The Kier molecular flexibility index (Phi) is 3.32. The minimum Gasteiger partial charge on any atom is -0.496 e. The van der Waals surface area contributed by atoms with E-state index < -0.39 is 5.97 Å². The highest BCUT2D eigenvalue weighted by Gasteiger charge is 2.12. The number of methoxy groups -OCH3 is 1. The van der Waals surface area contributed by atoms with Crippen LogP contribution in [0.1, 0.15) is 5.56 Å². The maximum atomic E-state index is 10.8. The van der Waals surface area contributed by atoms with Crippen molar-refractivity contribution in [3.05, 3.63) is 36.3 Å². The van der Waals surface area contributed by atoms with Crippen LogP contribution in [-0.4, -0.2) is 27.7 Å². The topological polar surface area (TPSA) is 64.4 Å². The first kappa shape index (κ1) is 12.2. The molecule has 0 saturated carbocycles. The van der Waals surface area contributed by atoms with Crippen molar-refractivity contribution in [1.82, 2.24) is 9.55 Å². The molecule has 1 aromatic heterocycles. The number of carbonyl (C=O) groups is 1. The summed E-state index contributed by atoms with van der Waals surface area (Å²) in [4.78, 5) is 14.8. The molecule has 5 heteroatoms. The maximum absolute atomic E-state index is 10.8. The van der Waals surface area contributed by atoms with Gasteiger partial charge in [-0.05, 0) is 19.1 Å². The van der Waals surface area contributed by atoms with Gasteiger partial charge in [-0.25, -0.2) is 4.98 Å². The van der Waals surface area contributed by atoms with Crippen LogP contribution in [-0.2, 0) is 11.3 Å². The highest BCUT2D eigenvalue weighted by molar-refractivity contribution is 5.71. The van der Waals surface area contributed by atoms with Crippen molar-refractivity contribution in [3.8, 4) is 17.0 Å². The van der Waals surface area contributed by atoms with E-state index in [0.29, 0.717) is 5.75 Å². The molecule has 1 aromatic carbocycles.